The van der Waals surface area contributed by atoms with Gasteiger partial charge in [0.05, 0.1) is 4.88 Å². The van der Waals surface area contributed by atoms with E-state index in [2.05, 4.69) is 9.84 Å². The molecule has 0 atom stereocenters. The van der Waals surface area contributed by atoms with Crippen LogP contribution in [-0.2, 0) is 27.0 Å². The number of ether oxygens (including phenoxy) is 1. The summed E-state index contributed by atoms with van der Waals surface area (Å²) in [6.07, 6.45) is -3.65. The second-order valence-corrected chi connectivity index (χ2v) is 5.36. The van der Waals surface area contributed by atoms with Gasteiger partial charge in [0, 0.05) is 6.20 Å². The zero-order chi connectivity index (χ0) is 17.7. The summed E-state index contributed by atoms with van der Waals surface area (Å²) >= 11 is 1.13. The van der Waals surface area contributed by atoms with Crippen LogP contribution in [0.15, 0.2) is 29.8 Å². The molecule has 0 fully saturated rings. The first-order chi connectivity index (χ1) is 11.3. The Kier molecular flexibility index (Phi) is 5.34. The Hall–Kier alpha value is -2.69. The number of nitrogens with one attached hydrogen (secondary N) is 1. The van der Waals surface area contributed by atoms with Gasteiger partial charge < -0.3 is 4.74 Å². The largest absolute Gasteiger partial charge is 0.454 e. The number of esters is 1. The monoisotopic (exact) mass is 361 g/mol. The third-order valence-corrected chi connectivity index (χ3v) is 3.45. The number of alkyl halides is 3. The highest BCUT2D eigenvalue weighted by Gasteiger charge is 2.33. The molecule has 0 radical (unpaired) electrons. The minimum absolute atomic E-state index is 0.311. The zero-order valence-corrected chi connectivity index (χ0v) is 12.7. The number of amides is 2. The summed E-state index contributed by atoms with van der Waals surface area (Å²) in [6, 6.07) is 3.85. The maximum Gasteiger partial charge on any atom is 0.435 e. The van der Waals surface area contributed by atoms with Gasteiger partial charge >= 0.3 is 12.1 Å². The molecule has 24 heavy (non-hydrogen) atoms. The third-order valence-electron chi connectivity index (χ3n) is 2.58. The number of carbonyl (C=O) groups excluding carboxylic acids is 3. The van der Waals surface area contributed by atoms with Crippen LogP contribution in [0.5, 0.6) is 0 Å². The van der Waals surface area contributed by atoms with Gasteiger partial charge in [-0.2, -0.15) is 18.3 Å². The first kappa shape index (κ1) is 17.7. The Morgan fingerprint density at radius 3 is 2.62 bits per heavy atom. The second kappa shape index (κ2) is 7.25. The van der Waals surface area contributed by atoms with Gasteiger partial charge in [0.1, 0.15) is 6.54 Å². The predicted octanol–water partition coefficient (Wildman–Crippen LogP) is 1.46. The van der Waals surface area contributed by atoms with Crippen LogP contribution >= 0.6 is 11.3 Å². The van der Waals surface area contributed by atoms with Crippen LogP contribution < -0.4 is 5.32 Å². The number of aromatic nitrogens is 2. The van der Waals surface area contributed by atoms with E-state index >= 15 is 0 Å². The molecule has 0 aliphatic rings. The van der Waals surface area contributed by atoms with Crippen LogP contribution in [0, 0.1) is 0 Å². The molecule has 11 heteroatoms. The van der Waals surface area contributed by atoms with Crippen molar-refractivity contribution in [1.29, 1.82) is 0 Å². The Labute approximate surface area is 137 Å². The molecule has 128 valence electrons. The molecular formula is C13H10F3N3O4S. The Morgan fingerprint density at radius 2 is 2.04 bits per heavy atom. The van der Waals surface area contributed by atoms with Crippen LogP contribution in [0.1, 0.15) is 15.4 Å². The van der Waals surface area contributed by atoms with Crippen molar-refractivity contribution in [3.05, 3.63) is 40.3 Å². The third kappa shape index (κ3) is 4.91. The number of imide groups is 1. The van der Waals surface area contributed by atoms with Crippen molar-refractivity contribution in [1.82, 2.24) is 15.1 Å². The quantitative estimate of drug-likeness (QED) is 0.815. The smallest absolute Gasteiger partial charge is 0.435 e. The number of nitrogens with zero attached hydrogens (tertiary/aromatic N) is 2. The molecular weight excluding hydrogens is 351 g/mol. The number of hydrogen-bond donors (Lipinski definition) is 1. The molecule has 0 aliphatic heterocycles. The molecule has 2 rings (SSSR count). The van der Waals surface area contributed by atoms with Gasteiger partial charge in [0.15, 0.2) is 12.3 Å². The van der Waals surface area contributed by atoms with Crippen molar-refractivity contribution in [2.45, 2.75) is 12.7 Å². The van der Waals surface area contributed by atoms with E-state index in [1.807, 2.05) is 5.32 Å². The maximum absolute atomic E-state index is 12.4. The second-order valence-electron chi connectivity index (χ2n) is 4.41. The fourth-order valence-electron chi connectivity index (χ4n) is 1.56. The highest BCUT2D eigenvalue weighted by atomic mass is 32.1. The molecule has 0 spiro atoms. The summed E-state index contributed by atoms with van der Waals surface area (Å²) in [5.41, 5.74) is -1.14. The molecule has 0 bridgehead atoms. The van der Waals surface area contributed by atoms with E-state index in [1.165, 1.54) is 6.07 Å². The maximum atomic E-state index is 12.4. The van der Waals surface area contributed by atoms with Crippen LogP contribution in [-0.4, -0.2) is 34.2 Å². The number of rotatable bonds is 5. The van der Waals surface area contributed by atoms with Gasteiger partial charge in [-0.25, -0.2) is 0 Å². The van der Waals surface area contributed by atoms with E-state index in [0.29, 0.717) is 10.9 Å². The average molecular weight is 361 g/mol. The molecule has 7 nitrogen and oxygen atoms in total. The molecule has 0 saturated heterocycles. The summed E-state index contributed by atoms with van der Waals surface area (Å²) in [5, 5.41) is 6.83. The zero-order valence-electron chi connectivity index (χ0n) is 11.9. The number of halogens is 3. The molecule has 0 unspecified atom stereocenters. The van der Waals surface area contributed by atoms with Crippen molar-refractivity contribution >= 4 is 29.1 Å². The predicted molar refractivity (Wildman–Crippen MR) is 75.0 cm³/mol. The van der Waals surface area contributed by atoms with Gasteiger partial charge in [-0.1, -0.05) is 6.07 Å². The highest BCUT2D eigenvalue weighted by molar-refractivity contribution is 7.12. The van der Waals surface area contributed by atoms with Crippen molar-refractivity contribution in [2.24, 2.45) is 0 Å². The number of hydrogen-bond acceptors (Lipinski definition) is 6. The molecule has 0 saturated carbocycles. The first-order valence-corrected chi connectivity index (χ1v) is 7.27. The highest BCUT2D eigenvalue weighted by Crippen LogP contribution is 2.27. The van der Waals surface area contributed by atoms with E-state index in [-0.39, 0.29) is 0 Å². The van der Waals surface area contributed by atoms with Crippen molar-refractivity contribution in [2.75, 3.05) is 6.61 Å². The van der Waals surface area contributed by atoms with Gasteiger partial charge in [-0.3, -0.25) is 24.4 Å². The van der Waals surface area contributed by atoms with Crippen molar-refractivity contribution in [3.8, 4) is 0 Å². The molecule has 2 aromatic heterocycles. The lowest BCUT2D eigenvalue weighted by Gasteiger charge is -2.05. The Morgan fingerprint density at radius 1 is 1.29 bits per heavy atom. The van der Waals surface area contributed by atoms with Crippen molar-refractivity contribution < 1.29 is 32.3 Å². The van der Waals surface area contributed by atoms with Crippen LogP contribution in [0.2, 0.25) is 0 Å². The Bertz CT molecular complexity index is 740. The summed E-state index contributed by atoms with van der Waals surface area (Å²) in [7, 11) is 0. The van der Waals surface area contributed by atoms with Gasteiger partial charge in [0.2, 0.25) is 0 Å². The minimum atomic E-state index is -4.61. The lowest BCUT2D eigenvalue weighted by molar-refractivity contribution is -0.149. The van der Waals surface area contributed by atoms with E-state index in [9.17, 15) is 27.6 Å². The van der Waals surface area contributed by atoms with E-state index in [0.717, 1.165) is 22.2 Å². The van der Waals surface area contributed by atoms with Gasteiger partial charge in [0.25, 0.3) is 11.8 Å². The first-order valence-electron chi connectivity index (χ1n) is 6.39. The van der Waals surface area contributed by atoms with E-state index < -0.39 is 42.8 Å². The van der Waals surface area contributed by atoms with Crippen LogP contribution in [0.4, 0.5) is 13.2 Å². The van der Waals surface area contributed by atoms with E-state index in [4.69, 9.17) is 0 Å². The minimum Gasteiger partial charge on any atom is -0.454 e. The lowest BCUT2D eigenvalue weighted by atomic mass is 10.4. The molecule has 2 heterocycles. The molecule has 1 N–H and O–H groups in total. The summed E-state index contributed by atoms with van der Waals surface area (Å²) in [5.74, 6) is -2.45. The average Bonchev–Trinajstić information content (AvgIpc) is 3.15. The molecule has 0 aromatic carbocycles. The van der Waals surface area contributed by atoms with Crippen molar-refractivity contribution in [3.63, 3.8) is 0 Å². The number of thiophene rings is 1. The summed E-state index contributed by atoms with van der Waals surface area (Å²) < 4.78 is 42.4. The van der Waals surface area contributed by atoms with E-state index in [1.54, 1.807) is 11.4 Å². The molecule has 2 aromatic rings. The lowest BCUT2D eigenvalue weighted by Crippen LogP contribution is -2.34. The summed E-state index contributed by atoms with van der Waals surface area (Å²) in [6.45, 7) is -1.33. The Balaban J connectivity index is 1.77. The molecule has 0 aliphatic carbocycles. The topological polar surface area (TPSA) is 90.3 Å². The van der Waals surface area contributed by atoms with Gasteiger partial charge in [-0.05, 0) is 17.5 Å². The fraction of sp³-hybridized carbons (Fsp3) is 0.231. The summed E-state index contributed by atoms with van der Waals surface area (Å²) in [4.78, 5) is 34.8. The van der Waals surface area contributed by atoms with Crippen LogP contribution in [0.25, 0.3) is 0 Å². The standard InChI is InChI=1S/C13H10F3N3O4S/c14-13(15,16)9-3-4-19(18-9)6-11(21)23-7-10(20)17-12(22)8-2-1-5-24-8/h1-5H,6-7H2,(H,17,20,22). The normalized spacial score (nSPS) is 11.1. The van der Waals surface area contributed by atoms with Gasteiger partial charge in [-0.15, -0.1) is 11.3 Å². The molecule has 2 amide bonds. The SMILES string of the molecule is O=C(COC(=O)Cn1ccc(C(F)(F)F)n1)NC(=O)c1cccs1. The van der Waals surface area contributed by atoms with Crippen LogP contribution in [0.3, 0.4) is 0 Å². The fourth-order valence-corrected chi connectivity index (χ4v) is 2.18. The number of carbonyl (C=O) groups is 3.